The van der Waals surface area contributed by atoms with Crippen LogP contribution in [0.2, 0.25) is 0 Å². The minimum absolute atomic E-state index is 0.640. The molecule has 2 heterocycles. The molecule has 0 saturated carbocycles. The van der Waals surface area contributed by atoms with E-state index >= 15 is 0 Å². The molecule has 0 amide bonds. The van der Waals surface area contributed by atoms with Gasteiger partial charge in [-0.3, -0.25) is 0 Å². The highest BCUT2D eigenvalue weighted by Crippen LogP contribution is 2.42. The van der Waals surface area contributed by atoms with Gasteiger partial charge in [0, 0.05) is 16.7 Å². The van der Waals surface area contributed by atoms with Crippen LogP contribution < -0.4 is 5.32 Å². The summed E-state index contributed by atoms with van der Waals surface area (Å²) >= 11 is 2.03. The van der Waals surface area contributed by atoms with Crippen LogP contribution in [0, 0.1) is 5.92 Å². The molecule has 3 rings (SSSR count). The number of rotatable bonds is 0. The summed E-state index contributed by atoms with van der Waals surface area (Å²) in [6.45, 7) is 1.19. The van der Waals surface area contributed by atoms with Crippen molar-refractivity contribution in [1.82, 2.24) is 5.32 Å². The predicted molar refractivity (Wildman–Crippen MR) is 60.6 cm³/mol. The van der Waals surface area contributed by atoms with Crippen LogP contribution in [0.15, 0.2) is 29.2 Å². The summed E-state index contributed by atoms with van der Waals surface area (Å²) in [4.78, 5) is 1.49. The molecule has 0 radical (unpaired) electrons. The topological polar surface area (TPSA) is 12.0 Å². The number of benzene rings is 1. The Kier molecular flexibility index (Phi) is 2.26. The summed E-state index contributed by atoms with van der Waals surface area (Å²) in [6.07, 6.45) is 2.75. The van der Waals surface area contributed by atoms with Crippen LogP contribution in [0.25, 0.3) is 0 Å². The third-order valence-corrected chi connectivity index (χ3v) is 4.57. The molecule has 2 aliphatic heterocycles. The summed E-state index contributed by atoms with van der Waals surface area (Å²) in [5, 5.41) is 3.66. The Morgan fingerprint density at radius 2 is 2.21 bits per heavy atom. The quantitative estimate of drug-likeness (QED) is 0.699. The van der Waals surface area contributed by atoms with E-state index in [9.17, 15) is 0 Å². The van der Waals surface area contributed by atoms with Crippen molar-refractivity contribution < 1.29 is 0 Å². The maximum atomic E-state index is 3.66. The maximum Gasteiger partial charge on any atom is 0.0367 e. The zero-order valence-electron chi connectivity index (χ0n) is 8.20. The molecule has 2 heteroatoms. The lowest BCUT2D eigenvalue weighted by Crippen LogP contribution is -2.37. The van der Waals surface area contributed by atoms with Crippen molar-refractivity contribution in [3.63, 3.8) is 0 Å². The average Bonchev–Trinajstić information content (AvgIpc) is 2.29. The molecule has 1 fully saturated rings. The average molecular weight is 205 g/mol. The fourth-order valence-corrected chi connectivity index (χ4v) is 3.85. The molecule has 0 bridgehead atoms. The van der Waals surface area contributed by atoms with Gasteiger partial charge in [-0.1, -0.05) is 18.2 Å². The van der Waals surface area contributed by atoms with E-state index in [1.54, 1.807) is 0 Å². The van der Waals surface area contributed by atoms with E-state index in [2.05, 4.69) is 29.6 Å². The predicted octanol–water partition coefficient (Wildman–Crippen LogP) is 2.83. The van der Waals surface area contributed by atoms with E-state index in [-0.39, 0.29) is 0 Å². The Balaban J connectivity index is 1.99. The second-order valence-electron chi connectivity index (χ2n) is 4.18. The summed E-state index contributed by atoms with van der Waals surface area (Å²) < 4.78 is 0. The number of thioether (sulfide) groups is 1. The van der Waals surface area contributed by atoms with E-state index < -0.39 is 0 Å². The van der Waals surface area contributed by atoms with E-state index in [1.165, 1.54) is 35.6 Å². The first-order chi connectivity index (χ1) is 6.95. The molecule has 1 aromatic rings. The Morgan fingerprint density at radius 1 is 1.29 bits per heavy atom. The van der Waals surface area contributed by atoms with Crippen molar-refractivity contribution in [3.8, 4) is 0 Å². The lowest BCUT2D eigenvalue weighted by molar-refractivity contribution is 0.303. The van der Waals surface area contributed by atoms with Gasteiger partial charge in [-0.05, 0) is 36.9 Å². The Labute approximate surface area is 89.3 Å². The molecule has 1 aromatic carbocycles. The van der Waals surface area contributed by atoms with Crippen LogP contribution in [0.5, 0.6) is 0 Å². The van der Waals surface area contributed by atoms with Gasteiger partial charge < -0.3 is 5.32 Å². The fraction of sp³-hybridized carbons (Fsp3) is 0.500. The highest BCUT2D eigenvalue weighted by molar-refractivity contribution is 7.99. The van der Waals surface area contributed by atoms with Gasteiger partial charge in [0.2, 0.25) is 0 Å². The lowest BCUT2D eigenvalue weighted by Gasteiger charge is -2.37. The minimum Gasteiger partial charge on any atom is -0.310 e. The Morgan fingerprint density at radius 3 is 3.21 bits per heavy atom. The number of piperidine rings is 1. The molecule has 1 saturated heterocycles. The first-order valence-corrected chi connectivity index (χ1v) is 6.39. The molecule has 74 valence electrons. The van der Waals surface area contributed by atoms with Crippen LogP contribution in [-0.2, 0) is 0 Å². The number of hydrogen-bond acceptors (Lipinski definition) is 2. The summed E-state index contributed by atoms with van der Waals surface area (Å²) in [5.41, 5.74) is 1.54. The van der Waals surface area contributed by atoms with Crippen molar-refractivity contribution in [2.45, 2.75) is 23.8 Å². The molecule has 2 aliphatic rings. The molecule has 1 N–H and O–H groups in total. The van der Waals surface area contributed by atoms with Gasteiger partial charge in [0.05, 0.1) is 0 Å². The second kappa shape index (κ2) is 3.59. The molecule has 0 aromatic heterocycles. The highest BCUT2D eigenvalue weighted by atomic mass is 32.2. The van der Waals surface area contributed by atoms with Gasteiger partial charge in [0.15, 0.2) is 0 Å². The van der Waals surface area contributed by atoms with E-state index in [1.807, 2.05) is 11.8 Å². The number of hydrogen-bond donors (Lipinski definition) is 1. The fourth-order valence-electron chi connectivity index (χ4n) is 2.56. The third kappa shape index (κ3) is 1.37. The van der Waals surface area contributed by atoms with Crippen LogP contribution in [0.3, 0.4) is 0 Å². The van der Waals surface area contributed by atoms with Crippen molar-refractivity contribution in [2.75, 3.05) is 12.3 Å². The van der Waals surface area contributed by atoms with Gasteiger partial charge in [-0.15, -0.1) is 11.8 Å². The zero-order valence-corrected chi connectivity index (χ0v) is 9.02. The van der Waals surface area contributed by atoms with Gasteiger partial charge in [0.1, 0.15) is 0 Å². The monoisotopic (exact) mass is 205 g/mol. The number of fused-ring (bicyclic) bond motifs is 3. The van der Waals surface area contributed by atoms with Gasteiger partial charge >= 0.3 is 0 Å². The van der Waals surface area contributed by atoms with Crippen LogP contribution in [0.1, 0.15) is 24.4 Å². The first-order valence-electron chi connectivity index (χ1n) is 5.40. The molecule has 2 atom stereocenters. The van der Waals surface area contributed by atoms with E-state index in [0.29, 0.717) is 6.04 Å². The molecule has 14 heavy (non-hydrogen) atoms. The van der Waals surface area contributed by atoms with Crippen molar-refractivity contribution in [3.05, 3.63) is 29.8 Å². The zero-order chi connectivity index (χ0) is 9.38. The third-order valence-electron chi connectivity index (χ3n) is 3.29. The molecular formula is C12H15NS. The Bertz CT molecular complexity index is 337. The molecule has 0 aliphatic carbocycles. The summed E-state index contributed by atoms with van der Waals surface area (Å²) in [6, 6.07) is 9.50. The van der Waals surface area contributed by atoms with E-state index in [0.717, 1.165) is 5.92 Å². The minimum atomic E-state index is 0.640. The Hall–Kier alpha value is -0.470. The van der Waals surface area contributed by atoms with Crippen molar-refractivity contribution >= 4 is 11.8 Å². The van der Waals surface area contributed by atoms with E-state index in [4.69, 9.17) is 0 Å². The standard InChI is InChI=1S/C12H15NS/c1-2-6-11-10(5-1)12-9(8-14-11)4-3-7-13-12/h1-2,5-6,9,12-13H,3-4,7-8H2. The number of nitrogens with one attached hydrogen (secondary N) is 1. The smallest absolute Gasteiger partial charge is 0.0367 e. The molecule has 2 unspecified atom stereocenters. The largest absolute Gasteiger partial charge is 0.310 e. The SMILES string of the molecule is c1ccc2c(c1)SCC1CCCNC21. The van der Waals surface area contributed by atoms with Gasteiger partial charge in [-0.2, -0.15) is 0 Å². The summed E-state index contributed by atoms with van der Waals surface area (Å²) in [5.74, 6) is 2.16. The highest BCUT2D eigenvalue weighted by Gasteiger charge is 2.31. The molecule has 0 spiro atoms. The van der Waals surface area contributed by atoms with Crippen molar-refractivity contribution in [2.24, 2.45) is 5.92 Å². The van der Waals surface area contributed by atoms with Crippen LogP contribution in [-0.4, -0.2) is 12.3 Å². The molecule has 1 nitrogen and oxygen atoms in total. The van der Waals surface area contributed by atoms with Crippen LogP contribution in [0.4, 0.5) is 0 Å². The second-order valence-corrected chi connectivity index (χ2v) is 5.24. The van der Waals surface area contributed by atoms with Gasteiger partial charge in [-0.25, -0.2) is 0 Å². The molecular weight excluding hydrogens is 190 g/mol. The maximum absolute atomic E-state index is 3.66. The van der Waals surface area contributed by atoms with Crippen LogP contribution >= 0.6 is 11.8 Å². The van der Waals surface area contributed by atoms with Crippen molar-refractivity contribution in [1.29, 1.82) is 0 Å². The lowest BCUT2D eigenvalue weighted by atomic mass is 9.87. The first kappa shape index (κ1) is 8.81. The summed E-state index contributed by atoms with van der Waals surface area (Å²) in [7, 11) is 0. The van der Waals surface area contributed by atoms with Gasteiger partial charge in [0.25, 0.3) is 0 Å². The normalized spacial score (nSPS) is 30.6.